The number of hydrogen-bond acceptors (Lipinski definition) is 3. The molecule has 142 valence electrons. The van der Waals surface area contributed by atoms with Crippen LogP contribution in [0.5, 0.6) is 5.75 Å². The number of allylic oxidation sites excluding steroid dienone is 1. The lowest BCUT2D eigenvalue weighted by atomic mass is 10.0. The molecule has 3 rings (SSSR count). The second-order valence-corrected chi connectivity index (χ2v) is 6.83. The number of methoxy groups -OCH3 is 1. The summed E-state index contributed by atoms with van der Waals surface area (Å²) in [5, 5.41) is 4.12. The largest absolute Gasteiger partial charge is 0.497 e. The quantitative estimate of drug-likeness (QED) is 0.466. The van der Waals surface area contributed by atoms with Crippen molar-refractivity contribution in [3.8, 4) is 5.75 Å². The summed E-state index contributed by atoms with van der Waals surface area (Å²) in [6, 6.07) is 24.9. The number of carbonyl (C=O) groups is 1. The normalized spacial score (nSPS) is 11.9. The molecule has 0 aliphatic rings. The minimum atomic E-state index is -0.129. The highest BCUT2D eigenvalue weighted by molar-refractivity contribution is 6.30. The molecule has 0 aromatic heterocycles. The maximum atomic E-state index is 12.6. The molecule has 3 aromatic carbocycles. The van der Waals surface area contributed by atoms with E-state index >= 15 is 0 Å². The lowest BCUT2D eigenvalue weighted by Gasteiger charge is -2.19. The van der Waals surface area contributed by atoms with Gasteiger partial charge in [0.15, 0.2) is 5.78 Å². The van der Waals surface area contributed by atoms with E-state index in [2.05, 4.69) is 5.32 Å². The molecule has 3 nitrogen and oxygen atoms in total. The highest BCUT2D eigenvalue weighted by Crippen LogP contribution is 2.24. The Morgan fingerprint density at radius 3 is 2.32 bits per heavy atom. The molecule has 0 radical (unpaired) electrons. The Labute approximate surface area is 170 Å². The molecule has 0 fully saturated rings. The topological polar surface area (TPSA) is 38.3 Å². The lowest BCUT2D eigenvalue weighted by molar-refractivity contribution is -0.114. The van der Waals surface area contributed by atoms with E-state index in [1.54, 1.807) is 13.2 Å². The Kier molecular flexibility index (Phi) is 6.88. The van der Waals surface area contributed by atoms with Crippen LogP contribution in [0.2, 0.25) is 5.02 Å². The third-order valence-electron chi connectivity index (χ3n) is 4.37. The van der Waals surface area contributed by atoms with Crippen LogP contribution in [0.25, 0.3) is 6.08 Å². The van der Waals surface area contributed by atoms with Gasteiger partial charge in [-0.2, -0.15) is 0 Å². The Balaban J connectivity index is 1.71. The molecule has 0 aliphatic heterocycles. The van der Waals surface area contributed by atoms with Crippen LogP contribution in [0.1, 0.15) is 23.6 Å². The fourth-order valence-electron chi connectivity index (χ4n) is 2.86. The number of halogens is 1. The van der Waals surface area contributed by atoms with E-state index in [1.807, 2.05) is 84.9 Å². The maximum absolute atomic E-state index is 12.6. The molecule has 0 amide bonds. The van der Waals surface area contributed by atoms with Crippen molar-refractivity contribution in [2.45, 2.75) is 12.5 Å². The average Bonchev–Trinajstić information content (AvgIpc) is 2.74. The highest BCUT2D eigenvalue weighted by atomic mass is 35.5. The van der Waals surface area contributed by atoms with Gasteiger partial charge in [-0.3, -0.25) is 4.79 Å². The number of hydrogen-bond donors (Lipinski definition) is 1. The number of nitrogens with one attached hydrogen (secondary N) is 1. The Hall–Kier alpha value is -3.04. The van der Waals surface area contributed by atoms with Gasteiger partial charge in [0.05, 0.1) is 13.2 Å². The van der Waals surface area contributed by atoms with Crippen LogP contribution in [0, 0.1) is 0 Å². The molecule has 1 unspecified atom stereocenters. The van der Waals surface area contributed by atoms with Crippen LogP contribution >= 0.6 is 11.6 Å². The van der Waals surface area contributed by atoms with Crippen LogP contribution in [0.4, 0.5) is 5.69 Å². The van der Waals surface area contributed by atoms with E-state index in [0.29, 0.717) is 11.4 Å². The molecular formula is C24H22ClNO2. The molecule has 0 spiro atoms. The van der Waals surface area contributed by atoms with E-state index < -0.39 is 0 Å². The van der Waals surface area contributed by atoms with Gasteiger partial charge in [-0.05, 0) is 53.6 Å². The highest BCUT2D eigenvalue weighted by Gasteiger charge is 2.14. The van der Waals surface area contributed by atoms with Crippen molar-refractivity contribution in [2.24, 2.45) is 0 Å². The minimum Gasteiger partial charge on any atom is -0.497 e. The molecule has 0 aliphatic carbocycles. The number of anilines is 1. The fraction of sp³-hybridized carbons (Fsp3) is 0.125. The van der Waals surface area contributed by atoms with E-state index in [9.17, 15) is 4.79 Å². The molecule has 4 heteroatoms. The molecule has 0 saturated heterocycles. The standard InChI is InChI=1S/C24H22ClNO2/c1-28-23-15-8-18(9-16-23)7-14-22(27)17-24(19-5-3-2-4-6-19)26-21-12-10-20(25)11-13-21/h2-16,24,26H,17H2,1H3. The Morgan fingerprint density at radius 1 is 1.00 bits per heavy atom. The van der Waals surface area contributed by atoms with Crippen LogP contribution in [-0.2, 0) is 4.79 Å². The number of ether oxygens (including phenoxy) is 1. The number of ketones is 1. The molecule has 28 heavy (non-hydrogen) atoms. The number of rotatable bonds is 8. The summed E-state index contributed by atoms with van der Waals surface area (Å²) in [6.07, 6.45) is 3.80. The monoisotopic (exact) mass is 391 g/mol. The van der Waals surface area contributed by atoms with Gasteiger partial charge in [0, 0.05) is 17.1 Å². The third-order valence-corrected chi connectivity index (χ3v) is 4.62. The van der Waals surface area contributed by atoms with Gasteiger partial charge in [0.25, 0.3) is 0 Å². The first kappa shape index (κ1) is 19.7. The predicted octanol–water partition coefficient (Wildman–Crippen LogP) is 6.17. The zero-order valence-electron chi connectivity index (χ0n) is 15.6. The summed E-state index contributed by atoms with van der Waals surface area (Å²) in [7, 11) is 1.63. The van der Waals surface area contributed by atoms with E-state index in [4.69, 9.17) is 16.3 Å². The first-order valence-electron chi connectivity index (χ1n) is 9.06. The second kappa shape index (κ2) is 9.77. The summed E-state index contributed by atoms with van der Waals surface area (Å²) in [5.74, 6) is 0.839. The first-order chi connectivity index (χ1) is 13.6. The Morgan fingerprint density at radius 2 is 1.68 bits per heavy atom. The summed E-state index contributed by atoms with van der Waals surface area (Å²) in [4.78, 5) is 12.6. The first-order valence-corrected chi connectivity index (χ1v) is 9.44. The predicted molar refractivity (Wildman–Crippen MR) is 116 cm³/mol. The van der Waals surface area contributed by atoms with Gasteiger partial charge in [-0.15, -0.1) is 0 Å². The van der Waals surface area contributed by atoms with Crippen molar-refractivity contribution >= 4 is 29.1 Å². The zero-order chi connectivity index (χ0) is 19.8. The molecule has 3 aromatic rings. The maximum Gasteiger partial charge on any atom is 0.158 e. The summed E-state index contributed by atoms with van der Waals surface area (Å²) < 4.78 is 5.15. The molecule has 0 heterocycles. The molecule has 1 N–H and O–H groups in total. The van der Waals surface area contributed by atoms with Crippen molar-refractivity contribution in [1.82, 2.24) is 0 Å². The van der Waals surface area contributed by atoms with Crippen LogP contribution in [0.15, 0.2) is 84.9 Å². The van der Waals surface area contributed by atoms with Gasteiger partial charge in [-0.1, -0.05) is 60.1 Å². The fourth-order valence-corrected chi connectivity index (χ4v) is 2.98. The van der Waals surface area contributed by atoms with E-state index in [0.717, 1.165) is 22.6 Å². The SMILES string of the molecule is COc1ccc(C=CC(=O)CC(Nc2ccc(Cl)cc2)c2ccccc2)cc1. The van der Waals surface area contributed by atoms with Crippen LogP contribution in [0.3, 0.4) is 0 Å². The van der Waals surface area contributed by atoms with Gasteiger partial charge in [0.2, 0.25) is 0 Å². The van der Waals surface area contributed by atoms with Crippen molar-refractivity contribution in [3.63, 3.8) is 0 Å². The summed E-state index contributed by atoms with van der Waals surface area (Å²) in [6.45, 7) is 0. The van der Waals surface area contributed by atoms with Crippen LogP contribution < -0.4 is 10.1 Å². The Bertz CT molecular complexity index is 919. The van der Waals surface area contributed by atoms with Gasteiger partial charge >= 0.3 is 0 Å². The number of carbonyl (C=O) groups excluding carboxylic acids is 1. The third kappa shape index (κ3) is 5.73. The van der Waals surface area contributed by atoms with Crippen molar-refractivity contribution in [3.05, 3.63) is 101 Å². The smallest absolute Gasteiger partial charge is 0.158 e. The zero-order valence-corrected chi connectivity index (χ0v) is 16.4. The number of benzene rings is 3. The molecular weight excluding hydrogens is 370 g/mol. The van der Waals surface area contributed by atoms with Crippen molar-refractivity contribution in [2.75, 3.05) is 12.4 Å². The summed E-state index contributed by atoms with van der Waals surface area (Å²) in [5.41, 5.74) is 2.94. The average molecular weight is 392 g/mol. The van der Waals surface area contributed by atoms with Gasteiger partial charge < -0.3 is 10.1 Å². The lowest BCUT2D eigenvalue weighted by Crippen LogP contribution is -2.14. The second-order valence-electron chi connectivity index (χ2n) is 6.39. The molecule has 1 atom stereocenters. The molecule has 0 bridgehead atoms. The van der Waals surface area contributed by atoms with Gasteiger partial charge in [-0.25, -0.2) is 0 Å². The van der Waals surface area contributed by atoms with Gasteiger partial charge in [0.1, 0.15) is 5.75 Å². The minimum absolute atomic E-state index is 0.0473. The van der Waals surface area contributed by atoms with E-state index in [1.165, 1.54) is 0 Å². The van der Waals surface area contributed by atoms with Crippen LogP contribution in [-0.4, -0.2) is 12.9 Å². The van der Waals surface area contributed by atoms with Crippen molar-refractivity contribution < 1.29 is 9.53 Å². The molecule has 0 saturated carbocycles. The van der Waals surface area contributed by atoms with E-state index in [-0.39, 0.29) is 11.8 Å². The van der Waals surface area contributed by atoms with Crippen molar-refractivity contribution in [1.29, 1.82) is 0 Å². The summed E-state index contributed by atoms with van der Waals surface area (Å²) >= 11 is 5.97.